The SMILES string of the molecule is C/C=C(CCc1ccc(C)cc1)\C(C(=O)N=C(N)CCC)=C(\C)CCC. The Morgan fingerprint density at radius 3 is 2.23 bits per heavy atom. The minimum absolute atomic E-state index is 0.195. The van der Waals surface area contributed by atoms with Crippen molar-refractivity contribution in [1.29, 1.82) is 0 Å². The van der Waals surface area contributed by atoms with E-state index in [4.69, 9.17) is 5.73 Å². The van der Waals surface area contributed by atoms with Crippen molar-refractivity contribution in [3.05, 3.63) is 58.2 Å². The van der Waals surface area contributed by atoms with Crippen LogP contribution in [0.15, 0.2) is 52.1 Å². The number of allylic oxidation sites excluding steroid dienone is 2. The summed E-state index contributed by atoms with van der Waals surface area (Å²) < 4.78 is 0. The molecule has 1 amide bonds. The normalized spacial score (nSPS) is 13.6. The molecule has 0 saturated heterocycles. The molecule has 0 fully saturated rings. The van der Waals surface area contributed by atoms with Crippen LogP contribution in [0, 0.1) is 6.92 Å². The van der Waals surface area contributed by atoms with Gasteiger partial charge in [-0.2, -0.15) is 4.99 Å². The van der Waals surface area contributed by atoms with E-state index in [1.807, 2.05) is 26.8 Å². The molecule has 0 heterocycles. The highest BCUT2D eigenvalue weighted by Gasteiger charge is 2.17. The zero-order valence-electron chi connectivity index (χ0n) is 17.1. The molecule has 1 aromatic rings. The van der Waals surface area contributed by atoms with Crippen LogP contribution in [0.2, 0.25) is 0 Å². The molecular formula is C23H34N2O. The molecule has 0 aliphatic heterocycles. The summed E-state index contributed by atoms with van der Waals surface area (Å²) in [6, 6.07) is 8.57. The second-order valence-electron chi connectivity index (χ2n) is 6.86. The first-order valence-corrected chi connectivity index (χ1v) is 9.71. The summed E-state index contributed by atoms with van der Waals surface area (Å²) in [4.78, 5) is 17.0. The number of rotatable bonds is 9. The zero-order chi connectivity index (χ0) is 19.5. The summed E-state index contributed by atoms with van der Waals surface area (Å²) in [7, 11) is 0. The van der Waals surface area contributed by atoms with E-state index in [1.165, 1.54) is 11.1 Å². The third kappa shape index (κ3) is 6.99. The van der Waals surface area contributed by atoms with Crippen LogP contribution in [-0.2, 0) is 11.2 Å². The molecule has 0 radical (unpaired) electrons. The average Bonchev–Trinajstić information content (AvgIpc) is 2.60. The van der Waals surface area contributed by atoms with Gasteiger partial charge in [0.1, 0.15) is 5.84 Å². The number of hydrogen-bond donors (Lipinski definition) is 1. The number of benzene rings is 1. The fourth-order valence-corrected chi connectivity index (χ4v) is 3.04. The topological polar surface area (TPSA) is 55.5 Å². The average molecular weight is 355 g/mol. The monoisotopic (exact) mass is 354 g/mol. The lowest BCUT2D eigenvalue weighted by molar-refractivity contribution is -0.114. The minimum atomic E-state index is -0.195. The number of amidine groups is 1. The number of amides is 1. The molecule has 0 spiro atoms. The molecule has 0 bridgehead atoms. The predicted octanol–water partition coefficient (Wildman–Crippen LogP) is 5.67. The first-order valence-electron chi connectivity index (χ1n) is 9.71. The fraction of sp³-hybridized carbons (Fsp3) is 0.478. The zero-order valence-corrected chi connectivity index (χ0v) is 17.1. The molecule has 0 aromatic heterocycles. The standard InChI is InChI=1S/C23H34N2O/c1-6-9-18(5)22(23(26)25-21(24)10-7-2)20(8-3)16-15-19-13-11-17(4)12-14-19/h8,11-14H,6-7,9-10,15-16H2,1-5H3,(H2,24,25,26)/b20-8-,22-18+. The van der Waals surface area contributed by atoms with Gasteiger partial charge in [-0.05, 0) is 57.6 Å². The van der Waals surface area contributed by atoms with Crippen molar-refractivity contribution in [2.45, 2.75) is 73.1 Å². The third-order valence-electron chi connectivity index (χ3n) is 4.49. The maximum atomic E-state index is 12.8. The number of nitrogens with two attached hydrogens (primary N) is 1. The van der Waals surface area contributed by atoms with E-state index in [2.05, 4.69) is 43.1 Å². The molecule has 0 unspecified atom stereocenters. The van der Waals surface area contributed by atoms with Crippen molar-refractivity contribution in [1.82, 2.24) is 0 Å². The van der Waals surface area contributed by atoms with Gasteiger partial charge in [0, 0.05) is 12.0 Å². The van der Waals surface area contributed by atoms with Crippen LogP contribution < -0.4 is 5.73 Å². The van der Waals surface area contributed by atoms with Gasteiger partial charge in [0.25, 0.3) is 5.91 Å². The summed E-state index contributed by atoms with van der Waals surface area (Å²) in [5.74, 6) is 0.229. The molecule has 3 nitrogen and oxygen atoms in total. The van der Waals surface area contributed by atoms with Crippen LogP contribution in [0.4, 0.5) is 0 Å². The van der Waals surface area contributed by atoms with Crippen molar-refractivity contribution in [2.24, 2.45) is 10.7 Å². The molecule has 26 heavy (non-hydrogen) atoms. The van der Waals surface area contributed by atoms with Crippen LogP contribution in [0.1, 0.15) is 70.9 Å². The molecule has 0 aliphatic carbocycles. The first kappa shape index (κ1) is 21.9. The highest BCUT2D eigenvalue weighted by atomic mass is 16.1. The summed E-state index contributed by atoms with van der Waals surface area (Å²) in [5.41, 5.74) is 11.4. The van der Waals surface area contributed by atoms with Crippen molar-refractivity contribution < 1.29 is 4.79 Å². The van der Waals surface area contributed by atoms with Crippen molar-refractivity contribution in [3.63, 3.8) is 0 Å². The lowest BCUT2D eigenvalue weighted by Gasteiger charge is -2.14. The third-order valence-corrected chi connectivity index (χ3v) is 4.49. The lowest BCUT2D eigenvalue weighted by Crippen LogP contribution is -2.16. The van der Waals surface area contributed by atoms with Gasteiger partial charge in [-0.1, -0.05) is 61.7 Å². The molecule has 0 atom stereocenters. The fourth-order valence-electron chi connectivity index (χ4n) is 3.04. The van der Waals surface area contributed by atoms with Gasteiger partial charge in [0.05, 0.1) is 0 Å². The van der Waals surface area contributed by atoms with Gasteiger partial charge >= 0.3 is 0 Å². The Bertz CT molecular complexity index is 679. The summed E-state index contributed by atoms with van der Waals surface area (Å²) in [6.45, 7) is 10.3. The Morgan fingerprint density at radius 1 is 1.08 bits per heavy atom. The van der Waals surface area contributed by atoms with E-state index in [-0.39, 0.29) is 5.91 Å². The van der Waals surface area contributed by atoms with Gasteiger partial charge in [-0.3, -0.25) is 4.79 Å². The van der Waals surface area contributed by atoms with Crippen molar-refractivity contribution in [2.75, 3.05) is 0 Å². The first-order chi connectivity index (χ1) is 12.4. The number of hydrogen-bond acceptors (Lipinski definition) is 1. The Morgan fingerprint density at radius 2 is 1.69 bits per heavy atom. The van der Waals surface area contributed by atoms with E-state index in [1.54, 1.807) is 0 Å². The largest absolute Gasteiger partial charge is 0.387 e. The van der Waals surface area contributed by atoms with Gasteiger partial charge in [0.15, 0.2) is 0 Å². The Labute approximate surface area is 159 Å². The summed E-state index contributed by atoms with van der Waals surface area (Å²) >= 11 is 0. The van der Waals surface area contributed by atoms with Crippen LogP contribution in [0.3, 0.4) is 0 Å². The molecule has 142 valence electrons. The van der Waals surface area contributed by atoms with Gasteiger partial charge in [0.2, 0.25) is 0 Å². The number of aliphatic imine (C=N–C) groups is 1. The van der Waals surface area contributed by atoms with Gasteiger partial charge in [-0.15, -0.1) is 0 Å². The maximum Gasteiger partial charge on any atom is 0.278 e. The van der Waals surface area contributed by atoms with Crippen molar-refractivity contribution in [3.8, 4) is 0 Å². The molecule has 1 aromatic carbocycles. The quantitative estimate of drug-likeness (QED) is 0.269. The second-order valence-corrected chi connectivity index (χ2v) is 6.86. The number of carbonyl (C=O) groups excluding carboxylic acids is 1. The van der Waals surface area contributed by atoms with Crippen LogP contribution in [0.25, 0.3) is 0 Å². The molecule has 1 rings (SSSR count). The lowest BCUT2D eigenvalue weighted by atomic mass is 9.92. The van der Waals surface area contributed by atoms with Crippen molar-refractivity contribution >= 4 is 11.7 Å². The highest BCUT2D eigenvalue weighted by Crippen LogP contribution is 2.24. The highest BCUT2D eigenvalue weighted by molar-refractivity contribution is 6.05. The smallest absolute Gasteiger partial charge is 0.278 e. The number of nitrogens with zero attached hydrogens (tertiary/aromatic N) is 1. The number of carbonyl (C=O) groups is 1. The molecule has 0 aliphatic rings. The van der Waals surface area contributed by atoms with Crippen LogP contribution >= 0.6 is 0 Å². The Balaban J connectivity index is 3.06. The van der Waals surface area contributed by atoms with E-state index < -0.39 is 0 Å². The van der Waals surface area contributed by atoms with E-state index in [0.29, 0.717) is 12.3 Å². The van der Waals surface area contributed by atoms with Crippen LogP contribution in [0.5, 0.6) is 0 Å². The number of aryl methyl sites for hydroxylation is 2. The molecule has 2 N–H and O–H groups in total. The minimum Gasteiger partial charge on any atom is -0.387 e. The predicted molar refractivity (Wildman–Crippen MR) is 112 cm³/mol. The van der Waals surface area contributed by atoms with Gasteiger partial charge in [-0.25, -0.2) is 0 Å². The van der Waals surface area contributed by atoms with E-state index >= 15 is 0 Å². The Kier molecular flexibility index (Phi) is 9.64. The molecule has 3 heteroatoms. The summed E-state index contributed by atoms with van der Waals surface area (Å²) in [6.07, 6.45) is 7.22. The molecule has 0 saturated carbocycles. The van der Waals surface area contributed by atoms with E-state index in [0.717, 1.165) is 48.8 Å². The molecular weight excluding hydrogens is 320 g/mol. The second kappa shape index (κ2) is 11.5. The Hall–Kier alpha value is -2.16. The van der Waals surface area contributed by atoms with E-state index in [9.17, 15) is 4.79 Å². The maximum absolute atomic E-state index is 12.8. The summed E-state index contributed by atoms with van der Waals surface area (Å²) in [5, 5.41) is 0. The van der Waals surface area contributed by atoms with Gasteiger partial charge < -0.3 is 5.73 Å². The van der Waals surface area contributed by atoms with Crippen LogP contribution in [-0.4, -0.2) is 11.7 Å².